The molecule has 0 atom stereocenters. The average Bonchev–Trinajstić information content (AvgIpc) is 3.05. The van der Waals surface area contributed by atoms with Crippen molar-refractivity contribution in [2.75, 3.05) is 56.5 Å². The average molecular weight is 610 g/mol. The van der Waals surface area contributed by atoms with Crippen LogP contribution in [0.5, 0.6) is 0 Å². The van der Waals surface area contributed by atoms with Crippen molar-refractivity contribution in [2.45, 2.75) is 11.2 Å². The standard InChI is InChI=1S/C33H40B2N4O2S2/c1-2-20-38(32(41)27-37-35)22-25-42-24-18-31(40)39(21-19-36-34)23-26-43-33(28-12-6-3-7-13-28,29-14-8-4-9-15-29)30-16-10-5-11-17-30/h2-17,34-35H,1,18-27H2. The summed E-state index contributed by atoms with van der Waals surface area (Å²) in [6.07, 6.45) is 2.14. The summed E-state index contributed by atoms with van der Waals surface area (Å²) in [6.45, 7) is 6.51. The fourth-order valence-corrected chi connectivity index (χ4v) is 7.29. The summed E-state index contributed by atoms with van der Waals surface area (Å²) < 4.78 is -0.430. The number of rotatable bonds is 20. The van der Waals surface area contributed by atoms with Crippen LogP contribution in [0.2, 0.25) is 0 Å². The number of thioether (sulfide) groups is 2. The van der Waals surface area contributed by atoms with Gasteiger partial charge >= 0.3 is 268 Å². The number of benzene rings is 3. The van der Waals surface area contributed by atoms with Crippen LogP contribution in [0, 0.1) is 0 Å². The monoisotopic (exact) mass is 610 g/mol. The van der Waals surface area contributed by atoms with Gasteiger partial charge in [-0.15, -0.1) is 0 Å². The van der Waals surface area contributed by atoms with Crippen molar-refractivity contribution in [1.82, 2.24) is 9.80 Å². The van der Waals surface area contributed by atoms with Gasteiger partial charge in [-0.25, -0.2) is 0 Å². The molecule has 222 valence electrons. The van der Waals surface area contributed by atoms with E-state index in [1.54, 1.807) is 22.7 Å². The van der Waals surface area contributed by atoms with Crippen LogP contribution in [-0.4, -0.2) is 93.4 Å². The van der Waals surface area contributed by atoms with Crippen molar-refractivity contribution in [3.63, 3.8) is 0 Å². The number of amides is 2. The van der Waals surface area contributed by atoms with Crippen LogP contribution in [0.4, 0.5) is 0 Å². The molecule has 0 unspecified atom stereocenters. The molecule has 0 aromatic heterocycles. The van der Waals surface area contributed by atoms with Gasteiger partial charge in [0.25, 0.3) is 0 Å². The van der Waals surface area contributed by atoms with Gasteiger partial charge in [-0.1, -0.05) is 0 Å². The van der Waals surface area contributed by atoms with E-state index in [4.69, 9.17) is 0 Å². The summed E-state index contributed by atoms with van der Waals surface area (Å²) >= 11 is 3.52. The zero-order valence-corrected chi connectivity index (χ0v) is 26.5. The quantitative estimate of drug-likeness (QED) is 0.0795. The zero-order valence-electron chi connectivity index (χ0n) is 24.9. The number of hydrogen-bond acceptors (Lipinski definition) is 6. The molecule has 0 saturated heterocycles. The molecule has 0 fully saturated rings. The molecule has 0 N–H and O–H groups in total. The molecule has 6 nitrogen and oxygen atoms in total. The fourth-order valence-electron chi connectivity index (χ4n) is 4.89. The maximum atomic E-state index is 13.4. The molecule has 3 rings (SSSR count). The van der Waals surface area contributed by atoms with Gasteiger partial charge in [0.2, 0.25) is 0 Å². The third kappa shape index (κ3) is 10.2. The molecule has 0 spiro atoms. The van der Waals surface area contributed by atoms with Crippen LogP contribution in [0.1, 0.15) is 23.1 Å². The van der Waals surface area contributed by atoms with E-state index in [-0.39, 0.29) is 18.4 Å². The van der Waals surface area contributed by atoms with Gasteiger partial charge in [0.05, 0.1) is 0 Å². The molecule has 0 heterocycles. The van der Waals surface area contributed by atoms with Gasteiger partial charge in [0.15, 0.2) is 0 Å². The van der Waals surface area contributed by atoms with Crippen molar-refractivity contribution < 1.29 is 9.59 Å². The first-order valence-electron chi connectivity index (χ1n) is 14.5. The van der Waals surface area contributed by atoms with E-state index in [1.807, 2.05) is 34.9 Å². The SMILES string of the molecule is B=NCCN(CCSC(c1ccccc1)(c1ccccc1)c1ccccc1)C(=O)CCSCCN(CC=C)C(=O)CN=B. The van der Waals surface area contributed by atoms with Gasteiger partial charge in [0, 0.05) is 0 Å². The summed E-state index contributed by atoms with van der Waals surface area (Å²) in [6, 6.07) is 31.8. The van der Waals surface area contributed by atoms with Crippen LogP contribution in [-0.2, 0) is 14.3 Å². The second-order valence-corrected chi connectivity index (χ2v) is 12.4. The zero-order chi connectivity index (χ0) is 30.8. The van der Waals surface area contributed by atoms with E-state index in [2.05, 4.69) is 104 Å². The van der Waals surface area contributed by atoms with E-state index in [0.29, 0.717) is 44.9 Å². The van der Waals surface area contributed by atoms with E-state index < -0.39 is 4.75 Å². The van der Waals surface area contributed by atoms with Crippen molar-refractivity contribution in [3.05, 3.63) is 120 Å². The minimum atomic E-state index is -0.430. The number of hydrogen-bond donors (Lipinski definition) is 0. The predicted octanol–water partition coefficient (Wildman–Crippen LogP) is 4.85. The minimum absolute atomic E-state index is 0.0650. The summed E-state index contributed by atoms with van der Waals surface area (Å²) in [5, 5.41) is 0. The van der Waals surface area contributed by atoms with Gasteiger partial charge in [-0.2, -0.15) is 0 Å². The molecule has 2 amide bonds. The Kier molecular flexibility index (Phi) is 15.2. The van der Waals surface area contributed by atoms with Crippen molar-refractivity contribution in [1.29, 1.82) is 0 Å². The molecule has 0 radical (unpaired) electrons. The second kappa shape index (κ2) is 19.1. The molecular formula is C33H40B2N4O2S2. The molecule has 0 aliphatic rings. The van der Waals surface area contributed by atoms with Crippen LogP contribution in [0.25, 0.3) is 0 Å². The van der Waals surface area contributed by atoms with Crippen LogP contribution in [0.3, 0.4) is 0 Å². The Morgan fingerprint density at radius 1 is 0.721 bits per heavy atom. The first kappa shape index (κ1) is 34.3. The van der Waals surface area contributed by atoms with E-state index >= 15 is 0 Å². The summed E-state index contributed by atoms with van der Waals surface area (Å²) in [5.74, 6) is 2.20. The number of carbonyl (C=O) groups excluding carboxylic acids is 2. The Hall–Kier alpha value is -3.23. The van der Waals surface area contributed by atoms with Crippen LogP contribution >= 0.6 is 23.5 Å². The van der Waals surface area contributed by atoms with Crippen molar-refractivity contribution >= 4 is 50.6 Å². The first-order chi connectivity index (χ1) is 21.1. The molecule has 0 saturated carbocycles. The van der Waals surface area contributed by atoms with Gasteiger partial charge in [-0.3, -0.25) is 0 Å². The second-order valence-electron chi connectivity index (χ2n) is 9.83. The Bertz CT molecular complexity index is 1200. The van der Waals surface area contributed by atoms with Gasteiger partial charge in [0.1, 0.15) is 0 Å². The summed E-state index contributed by atoms with van der Waals surface area (Å²) in [4.78, 5) is 36.9. The Morgan fingerprint density at radius 3 is 1.74 bits per heavy atom. The summed E-state index contributed by atoms with van der Waals surface area (Å²) in [5.41, 5.74) is 3.60. The van der Waals surface area contributed by atoms with E-state index in [1.165, 1.54) is 16.7 Å². The van der Waals surface area contributed by atoms with Crippen molar-refractivity contribution in [2.24, 2.45) is 9.79 Å². The Labute approximate surface area is 267 Å². The molecule has 43 heavy (non-hydrogen) atoms. The molecule has 0 aliphatic heterocycles. The fraction of sp³-hybridized carbons (Fsp3) is 0.333. The molecule has 3 aromatic rings. The third-order valence-corrected chi connectivity index (χ3v) is 9.51. The predicted molar refractivity (Wildman–Crippen MR) is 186 cm³/mol. The Balaban J connectivity index is 1.69. The van der Waals surface area contributed by atoms with Crippen molar-refractivity contribution in [3.8, 4) is 0 Å². The van der Waals surface area contributed by atoms with E-state index in [0.717, 1.165) is 11.5 Å². The maximum absolute atomic E-state index is 13.4. The Morgan fingerprint density at radius 2 is 1.26 bits per heavy atom. The molecular weight excluding hydrogens is 570 g/mol. The molecule has 0 aliphatic carbocycles. The molecule has 3 aromatic carbocycles. The first-order valence-corrected chi connectivity index (χ1v) is 16.6. The third-order valence-electron chi connectivity index (χ3n) is 7.02. The van der Waals surface area contributed by atoms with Gasteiger partial charge in [-0.05, 0) is 0 Å². The van der Waals surface area contributed by atoms with Gasteiger partial charge < -0.3 is 0 Å². The number of carbonyl (C=O) groups is 2. The van der Waals surface area contributed by atoms with Crippen LogP contribution < -0.4 is 0 Å². The summed E-state index contributed by atoms with van der Waals surface area (Å²) in [7, 11) is 7.04. The molecule has 10 heteroatoms. The van der Waals surface area contributed by atoms with Crippen LogP contribution in [0.15, 0.2) is 113 Å². The topological polar surface area (TPSA) is 65.3 Å². The van der Waals surface area contributed by atoms with E-state index in [9.17, 15) is 9.59 Å². The molecule has 0 bridgehead atoms. The normalized spacial score (nSPS) is 10.9. The number of nitrogens with zero attached hydrogens (tertiary/aromatic N) is 4.